The Labute approximate surface area is 124 Å². The first kappa shape index (κ1) is 15.5. The number of benzene rings is 1. The van der Waals surface area contributed by atoms with Crippen molar-refractivity contribution in [3.05, 3.63) is 35.9 Å². The summed E-state index contributed by atoms with van der Waals surface area (Å²) in [4.78, 5) is 2.72. The van der Waals surface area contributed by atoms with Gasteiger partial charge >= 0.3 is 0 Å². The second kappa shape index (κ2) is 7.24. The summed E-state index contributed by atoms with van der Waals surface area (Å²) in [6, 6.07) is 11.5. The van der Waals surface area contributed by atoms with Crippen LogP contribution in [0.5, 0.6) is 0 Å². The third kappa shape index (κ3) is 3.62. The Morgan fingerprint density at radius 1 is 1.25 bits per heavy atom. The molecule has 0 bridgehead atoms. The van der Waals surface area contributed by atoms with Gasteiger partial charge in [0, 0.05) is 18.1 Å². The van der Waals surface area contributed by atoms with E-state index < -0.39 is 0 Å². The van der Waals surface area contributed by atoms with E-state index in [1.807, 2.05) is 0 Å². The maximum atomic E-state index is 6.20. The van der Waals surface area contributed by atoms with Gasteiger partial charge in [0.1, 0.15) is 0 Å². The van der Waals surface area contributed by atoms with Gasteiger partial charge in [-0.25, -0.2) is 0 Å². The van der Waals surface area contributed by atoms with Gasteiger partial charge in [-0.1, -0.05) is 50.1 Å². The van der Waals surface area contributed by atoms with Crippen LogP contribution < -0.4 is 5.73 Å². The van der Waals surface area contributed by atoms with Gasteiger partial charge in [-0.2, -0.15) is 0 Å². The van der Waals surface area contributed by atoms with Crippen LogP contribution in [0.3, 0.4) is 0 Å². The van der Waals surface area contributed by atoms with Crippen molar-refractivity contribution in [3.63, 3.8) is 0 Å². The summed E-state index contributed by atoms with van der Waals surface area (Å²) in [5, 5.41) is 0. The van der Waals surface area contributed by atoms with E-state index in [2.05, 4.69) is 49.1 Å². The van der Waals surface area contributed by atoms with Crippen LogP contribution in [0, 0.1) is 0 Å². The Balaban J connectivity index is 2.15. The highest BCUT2D eigenvalue weighted by Gasteiger charge is 2.36. The van der Waals surface area contributed by atoms with E-state index >= 15 is 0 Å². The zero-order chi connectivity index (χ0) is 14.4. The average Bonchev–Trinajstić information content (AvgIpc) is 2.49. The minimum atomic E-state index is 0.0988. The zero-order valence-electron chi connectivity index (χ0n) is 13.1. The molecule has 2 N–H and O–H groups in total. The molecule has 112 valence electrons. The predicted molar refractivity (Wildman–Crippen MR) is 86.9 cm³/mol. The van der Waals surface area contributed by atoms with E-state index in [1.165, 1.54) is 44.2 Å². The molecular weight excluding hydrogens is 244 g/mol. The molecule has 1 aliphatic heterocycles. The van der Waals surface area contributed by atoms with Crippen LogP contribution in [-0.2, 0) is 6.42 Å². The van der Waals surface area contributed by atoms with Crippen LogP contribution in [0.25, 0.3) is 0 Å². The van der Waals surface area contributed by atoms with Gasteiger partial charge in [0.2, 0.25) is 0 Å². The lowest BCUT2D eigenvalue weighted by Gasteiger charge is -2.48. The van der Waals surface area contributed by atoms with Crippen molar-refractivity contribution in [2.75, 3.05) is 13.1 Å². The lowest BCUT2D eigenvalue weighted by Crippen LogP contribution is -2.58. The summed E-state index contributed by atoms with van der Waals surface area (Å²) in [5.74, 6) is 0. The Morgan fingerprint density at radius 3 is 2.65 bits per heavy atom. The van der Waals surface area contributed by atoms with E-state index in [4.69, 9.17) is 5.73 Å². The SMILES string of the molecule is CCCC1CCCCN1C(C)(CN)Cc1ccccc1. The summed E-state index contributed by atoms with van der Waals surface area (Å²) >= 11 is 0. The average molecular weight is 274 g/mol. The molecule has 1 heterocycles. The van der Waals surface area contributed by atoms with Crippen LogP contribution in [-0.4, -0.2) is 29.6 Å². The maximum Gasteiger partial charge on any atom is 0.0346 e. The first-order chi connectivity index (χ1) is 9.69. The van der Waals surface area contributed by atoms with Gasteiger partial charge in [-0.3, -0.25) is 4.90 Å². The van der Waals surface area contributed by atoms with Gasteiger partial charge in [0.25, 0.3) is 0 Å². The normalized spacial score (nSPS) is 23.4. The minimum Gasteiger partial charge on any atom is -0.329 e. The van der Waals surface area contributed by atoms with Gasteiger partial charge < -0.3 is 5.73 Å². The quantitative estimate of drug-likeness (QED) is 0.859. The molecule has 1 aromatic carbocycles. The molecule has 1 saturated heterocycles. The van der Waals surface area contributed by atoms with Gasteiger partial charge in [0.05, 0.1) is 0 Å². The summed E-state index contributed by atoms with van der Waals surface area (Å²) in [5.41, 5.74) is 7.71. The number of hydrogen-bond acceptors (Lipinski definition) is 2. The van der Waals surface area contributed by atoms with Crippen LogP contribution in [0.4, 0.5) is 0 Å². The van der Waals surface area contributed by atoms with Crippen molar-refractivity contribution < 1.29 is 0 Å². The van der Waals surface area contributed by atoms with Gasteiger partial charge in [0.15, 0.2) is 0 Å². The molecule has 0 aromatic heterocycles. The molecule has 2 nitrogen and oxygen atoms in total. The minimum absolute atomic E-state index is 0.0988. The van der Waals surface area contributed by atoms with E-state index in [-0.39, 0.29) is 5.54 Å². The molecule has 2 rings (SSSR count). The Hall–Kier alpha value is -0.860. The van der Waals surface area contributed by atoms with Crippen molar-refractivity contribution in [3.8, 4) is 0 Å². The Morgan fingerprint density at radius 2 is 2.00 bits per heavy atom. The topological polar surface area (TPSA) is 29.3 Å². The van der Waals surface area contributed by atoms with Gasteiger partial charge in [-0.05, 0) is 44.7 Å². The fraction of sp³-hybridized carbons (Fsp3) is 0.667. The van der Waals surface area contributed by atoms with Crippen molar-refractivity contribution in [1.29, 1.82) is 0 Å². The van der Waals surface area contributed by atoms with Crippen molar-refractivity contribution in [2.24, 2.45) is 5.73 Å². The molecule has 0 aliphatic carbocycles. The molecule has 2 atom stereocenters. The molecule has 2 heteroatoms. The van der Waals surface area contributed by atoms with E-state index in [0.29, 0.717) is 0 Å². The molecule has 1 aliphatic rings. The van der Waals surface area contributed by atoms with Crippen LogP contribution in [0.15, 0.2) is 30.3 Å². The standard InChI is InChI=1S/C18H30N2/c1-3-9-17-12-7-8-13-20(17)18(2,15-19)14-16-10-5-4-6-11-16/h4-6,10-11,17H,3,7-9,12-15,19H2,1-2H3. The van der Waals surface area contributed by atoms with E-state index in [9.17, 15) is 0 Å². The molecule has 1 aromatic rings. The van der Waals surface area contributed by atoms with Crippen molar-refractivity contribution in [1.82, 2.24) is 4.90 Å². The Bertz CT molecular complexity index is 388. The number of nitrogens with two attached hydrogens (primary N) is 1. The first-order valence-electron chi connectivity index (χ1n) is 8.20. The fourth-order valence-electron chi connectivity index (χ4n) is 3.67. The highest BCUT2D eigenvalue weighted by atomic mass is 15.2. The Kier molecular flexibility index (Phi) is 5.62. The van der Waals surface area contributed by atoms with Gasteiger partial charge in [-0.15, -0.1) is 0 Å². The number of likely N-dealkylation sites (tertiary alicyclic amines) is 1. The highest BCUT2D eigenvalue weighted by Crippen LogP contribution is 2.30. The van der Waals surface area contributed by atoms with Crippen LogP contribution in [0.2, 0.25) is 0 Å². The zero-order valence-corrected chi connectivity index (χ0v) is 13.1. The lowest BCUT2D eigenvalue weighted by molar-refractivity contribution is 0.0291. The van der Waals surface area contributed by atoms with Crippen LogP contribution >= 0.6 is 0 Å². The largest absolute Gasteiger partial charge is 0.329 e. The molecular formula is C18H30N2. The third-order valence-electron chi connectivity index (χ3n) is 4.81. The molecule has 1 fully saturated rings. The summed E-state index contributed by atoms with van der Waals surface area (Å²) in [6.45, 7) is 6.60. The second-order valence-corrected chi connectivity index (χ2v) is 6.50. The maximum absolute atomic E-state index is 6.20. The van der Waals surface area contributed by atoms with Crippen molar-refractivity contribution in [2.45, 2.75) is 64.0 Å². The monoisotopic (exact) mass is 274 g/mol. The molecule has 20 heavy (non-hydrogen) atoms. The molecule has 0 radical (unpaired) electrons. The number of nitrogens with zero attached hydrogens (tertiary/aromatic N) is 1. The third-order valence-corrected chi connectivity index (χ3v) is 4.81. The molecule has 0 saturated carbocycles. The van der Waals surface area contributed by atoms with E-state index in [1.54, 1.807) is 0 Å². The molecule has 0 amide bonds. The number of hydrogen-bond donors (Lipinski definition) is 1. The summed E-state index contributed by atoms with van der Waals surface area (Å²) in [6.07, 6.45) is 7.69. The highest BCUT2D eigenvalue weighted by molar-refractivity contribution is 5.18. The number of rotatable bonds is 6. The second-order valence-electron chi connectivity index (χ2n) is 6.50. The fourth-order valence-corrected chi connectivity index (χ4v) is 3.67. The lowest BCUT2D eigenvalue weighted by atomic mass is 9.85. The first-order valence-corrected chi connectivity index (χ1v) is 8.20. The number of piperidine rings is 1. The smallest absolute Gasteiger partial charge is 0.0346 e. The van der Waals surface area contributed by atoms with E-state index in [0.717, 1.165) is 19.0 Å². The summed E-state index contributed by atoms with van der Waals surface area (Å²) in [7, 11) is 0. The molecule has 2 unspecified atom stereocenters. The summed E-state index contributed by atoms with van der Waals surface area (Å²) < 4.78 is 0. The van der Waals surface area contributed by atoms with Crippen molar-refractivity contribution >= 4 is 0 Å². The molecule has 0 spiro atoms. The predicted octanol–water partition coefficient (Wildman–Crippen LogP) is 3.60. The van der Waals surface area contributed by atoms with Crippen LogP contribution in [0.1, 0.15) is 51.5 Å².